The van der Waals surface area contributed by atoms with Gasteiger partial charge in [-0.05, 0) is 49.8 Å². The Morgan fingerprint density at radius 3 is 2.61 bits per heavy atom. The van der Waals surface area contributed by atoms with Crippen molar-refractivity contribution in [3.63, 3.8) is 0 Å². The number of carbonyl (C=O) groups is 2. The van der Waals surface area contributed by atoms with E-state index in [1.165, 1.54) is 0 Å². The lowest BCUT2D eigenvalue weighted by molar-refractivity contribution is -0.156. The van der Waals surface area contributed by atoms with Crippen LogP contribution in [-0.2, 0) is 9.59 Å². The summed E-state index contributed by atoms with van der Waals surface area (Å²) in [5.74, 6) is 0.774. The minimum atomic E-state index is -1.50. The Balaban J connectivity index is 1.87. The van der Waals surface area contributed by atoms with Crippen LogP contribution in [0.25, 0.3) is 0 Å². The second kappa shape index (κ2) is 5.55. The van der Waals surface area contributed by atoms with Gasteiger partial charge in [-0.3, -0.25) is 9.59 Å². The number of rotatable bonds is 1. The molecule has 0 bridgehead atoms. The fourth-order valence-electron chi connectivity index (χ4n) is 3.61. The Kier molecular flexibility index (Phi) is 3.82. The van der Waals surface area contributed by atoms with Gasteiger partial charge >= 0.3 is 0 Å². The molecule has 3 unspecified atom stereocenters. The summed E-state index contributed by atoms with van der Waals surface area (Å²) < 4.78 is 5.87. The lowest BCUT2D eigenvalue weighted by atomic mass is 9.90. The Morgan fingerprint density at radius 1 is 1.30 bits per heavy atom. The monoisotopic (exact) mass is 316 g/mol. The first-order chi connectivity index (χ1) is 10.8. The number of anilines is 1. The van der Waals surface area contributed by atoms with Crippen molar-refractivity contribution in [3.05, 3.63) is 23.8 Å². The molecule has 2 amide bonds. The smallest absolute Gasteiger partial charge is 0.278 e. The minimum absolute atomic E-state index is 0.250. The summed E-state index contributed by atoms with van der Waals surface area (Å²) in [6.07, 6.45) is 1.11. The van der Waals surface area contributed by atoms with Gasteiger partial charge < -0.3 is 15.0 Å². The van der Waals surface area contributed by atoms with Gasteiger partial charge in [0, 0.05) is 13.1 Å². The normalized spacial score (nSPS) is 30.3. The van der Waals surface area contributed by atoms with Crippen molar-refractivity contribution in [1.29, 1.82) is 0 Å². The number of fused-ring (bicyclic) bond motifs is 1. The molecule has 1 fully saturated rings. The number of aryl methyl sites for hydroxylation is 1. The Labute approximate surface area is 137 Å². The van der Waals surface area contributed by atoms with Gasteiger partial charge in [0.1, 0.15) is 5.75 Å². The van der Waals surface area contributed by atoms with E-state index < -0.39 is 11.5 Å². The molecule has 0 saturated carbocycles. The fraction of sp³-hybridized carbons (Fsp3) is 0.556. The number of amides is 2. The number of nitrogens with one attached hydrogen (secondary N) is 1. The number of hydrogen-bond acceptors (Lipinski definition) is 3. The first kappa shape index (κ1) is 15.8. The Hall–Kier alpha value is -2.04. The van der Waals surface area contributed by atoms with E-state index in [9.17, 15) is 9.59 Å². The number of piperidine rings is 1. The number of carbonyl (C=O) groups excluding carboxylic acids is 2. The third-order valence-electron chi connectivity index (χ3n) is 4.69. The molecule has 5 heteroatoms. The fourth-order valence-corrected chi connectivity index (χ4v) is 3.61. The van der Waals surface area contributed by atoms with Gasteiger partial charge in [0.2, 0.25) is 0 Å². The molecule has 0 aliphatic carbocycles. The summed E-state index contributed by atoms with van der Waals surface area (Å²) in [6.45, 7) is 9.14. The molecule has 1 N–H and O–H groups in total. The number of ether oxygens (including phenoxy) is 1. The summed E-state index contributed by atoms with van der Waals surface area (Å²) in [5.41, 5.74) is 0.154. The van der Waals surface area contributed by atoms with Crippen LogP contribution >= 0.6 is 0 Å². The first-order valence-corrected chi connectivity index (χ1v) is 8.20. The van der Waals surface area contributed by atoms with E-state index in [2.05, 4.69) is 19.2 Å². The van der Waals surface area contributed by atoms with Crippen molar-refractivity contribution in [2.45, 2.75) is 39.7 Å². The van der Waals surface area contributed by atoms with Crippen LogP contribution in [0.1, 0.15) is 32.8 Å². The van der Waals surface area contributed by atoms with E-state index in [1.54, 1.807) is 17.9 Å². The zero-order valence-corrected chi connectivity index (χ0v) is 14.2. The van der Waals surface area contributed by atoms with Crippen LogP contribution in [0.2, 0.25) is 0 Å². The summed E-state index contributed by atoms with van der Waals surface area (Å²) in [5, 5.41) is 2.82. The van der Waals surface area contributed by atoms with Gasteiger partial charge in [0.05, 0.1) is 5.69 Å². The van der Waals surface area contributed by atoms with E-state index in [1.807, 2.05) is 19.1 Å². The first-order valence-electron chi connectivity index (χ1n) is 8.20. The summed E-state index contributed by atoms with van der Waals surface area (Å²) >= 11 is 0. The predicted octanol–water partition coefficient (Wildman–Crippen LogP) is 2.59. The van der Waals surface area contributed by atoms with Gasteiger partial charge in [-0.2, -0.15) is 0 Å². The van der Waals surface area contributed by atoms with E-state index in [0.29, 0.717) is 36.4 Å². The second-order valence-corrected chi connectivity index (χ2v) is 7.25. The van der Waals surface area contributed by atoms with Gasteiger partial charge in [-0.1, -0.05) is 19.9 Å². The second-order valence-electron chi connectivity index (χ2n) is 7.25. The summed E-state index contributed by atoms with van der Waals surface area (Å²) in [6, 6.07) is 5.56. The molecule has 1 saturated heterocycles. The standard InChI is InChI=1S/C18H24N2O3/c1-11-5-6-15-14(8-11)19-16(21)18(4,23-15)17(22)20-9-12(2)7-13(3)10-20/h5-6,8,12-13H,7,9-10H2,1-4H3,(H,19,21). The Morgan fingerprint density at radius 2 is 1.96 bits per heavy atom. The summed E-state index contributed by atoms with van der Waals surface area (Å²) in [7, 11) is 0. The molecule has 5 nitrogen and oxygen atoms in total. The predicted molar refractivity (Wildman–Crippen MR) is 88.4 cm³/mol. The maximum Gasteiger partial charge on any atom is 0.278 e. The molecule has 124 valence electrons. The molecule has 0 spiro atoms. The molecule has 23 heavy (non-hydrogen) atoms. The number of nitrogens with zero attached hydrogens (tertiary/aromatic N) is 1. The molecule has 3 atom stereocenters. The van der Waals surface area contributed by atoms with E-state index in [0.717, 1.165) is 12.0 Å². The third kappa shape index (κ3) is 2.80. The van der Waals surface area contributed by atoms with Crippen LogP contribution in [0.5, 0.6) is 5.75 Å². The maximum absolute atomic E-state index is 13.0. The van der Waals surface area contributed by atoms with Crippen molar-refractivity contribution in [2.24, 2.45) is 11.8 Å². The quantitative estimate of drug-likeness (QED) is 0.810. The molecule has 3 rings (SSSR count). The SMILES string of the molecule is Cc1ccc2c(c1)NC(=O)C(C)(C(=O)N1CC(C)CC(C)C1)O2. The van der Waals surface area contributed by atoms with Crippen molar-refractivity contribution in [1.82, 2.24) is 4.90 Å². The lowest BCUT2D eigenvalue weighted by Gasteiger charge is -2.41. The number of benzene rings is 1. The van der Waals surface area contributed by atoms with Crippen LogP contribution in [0.3, 0.4) is 0 Å². The van der Waals surface area contributed by atoms with E-state index in [-0.39, 0.29) is 5.91 Å². The minimum Gasteiger partial charge on any atom is -0.466 e. The highest BCUT2D eigenvalue weighted by Crippen LogP contribution is 2.36. The van der Waals surface area contributed by atoms with Crippen molar-refractivity contribution in [2.75, 3.05) is 18.4 Å². The third-order valence-corrected chi connectivity index (χ3v) is 4.69. The van der Waals surface area contributed by atoms with Crippen LogP contribution in [0.15, 0.2) is 18.2 Å². The average Bonchev–Trinajstić information content (AvgIpc) is 2.47. The lowest BCUT2D eigenvalue weighted by Crippen LogP contribution is -2.61. The van der Waals surface area contributed by atoms with Crippen molar-refractivity contribution in [3.8, 4) is 5.75 Å². The molecular formula is C18H24N2O3. The zero-order chi connectivity index (χ0) is 16.8. The van der Waals surface area contributed by atoms with Crippen molar-refractivity contribution >= 4 is 17.5 Å². The molecular weight excluding hydrogens is 292 g/mol. The maximum atomic E-state index is 13.0. The van der Waals surface area contributed by atoms with Gasteiger partial charge in [0.15, 0.2) is 0 Å². The zero-order valence-electron chi connectivity index (χ0n) is 14.2. The van der Waals surface area contributed by atoms with Gasteiger partial charge in [-0.15, -0.1) is 0 Å². The van der Waals surface area contributed by atoms with Crippen LogP contribution in [-0.4, -0.2) is 35.4 Å². The highest BCUT2D eigenvalue weighted by atomic mass is 16.5. The van der Waals surface area contributed by atoms with Crippen LogP contribution < -0.4 is 10.1 Å². The molecule has 0 aromatic heterocycles. The van der Waals surface area contributed by atoms with Gasteiger partial charge in [-0.25, -0.2) is 0 Å². The van der Waals surface area contributed by atoms with Crippen LogP contribution in [0.4, 0.5) is 5.69 Å². The molecule has 1 aromatic rings. The summed E-state index contributed by atoms with van der Waals surface area (Å²) in [4.78, 5) is 27.3. The highest BCUT2D eigenvalue weighted by molar-refractivity contribution is 6.15. The van der Waals surface area contributed by atoms with Crippen LogP contribution in [0, 0.1) is 18.8 Å². The van der Waals surface area contributed by atoms with E-state index >= 15 is 0 Å². The molecule has 0 radical (unpaired) electrons. The largest absolute Gasteiger partial charge is 0.466 e. The number of hydrogen-bond donors (Lipinski definition) is 1. The number of likely N-dealkylation sites (tertiary alicyclic amines) is 1. The molecule has 2 heterocycles. The van der Waals surface area contributed by atoms with Crippen molar-refractivity contribution < 1.29 is 14.3 Å². The topological polar surface area (TPSA) is 58.6 Å². The molecule has 2 aliphatic rings. The van der Waals surface area contributed by atoms with Gasteiger partial charge in [0.25, 0.3) is 17.4 Å². The molecule has 2 aliphatic heterocycles. The average molecular weight is 316 g/mol. The molecule has 1 aromatic carbocycles. The highest BCUT2D eigenvalue weighted by Gasteiger charge is 2.50. The van der Waals surface area contributed by atoms with E-state index in [4.69, 9.17) is 4.74 Å². The Bertz CT molecular complexity index is 648.